The lowest BCUT2D eigenvalue weighted by Crippen LogP contribution is -2.40. The summed E-state index contributed by atoms with van der Waals surface area (Å²) in [4.78, 5) is 19.5. The molecule has 0 spiro atoms. The van der Waals surface area contributed by atoms with Gasteiger partial charge in [0.1, 0.15) is 6.61 Å². The summed E-state index contributed by atoms with van der Waals surface area (Å²) < 4.78 is 5.70. The number of hydrogen-bond donors (Lipinski definition) is 0. The van der Waals surface area contributed by atoms with Crippen molar-refractivity contribution >= 4 is 17.3 Å². The zero-order valence-corrected chi connectivity index (χ0v) is 21.6. The maximum atomic E-state index is 13.0. The average Bonchev–Trinajstić information content (AvgIpc) is 3.21. The fourth-order valence-electron chi connectivity index (χ4n) is 5.57. The highest BCUT2D eigenvalue weighted by molar-refractivity contribution is 5.94. The van der Waals surface area contributed by atoms with Gasteiger partial charge in [-0.15, -0.1) is 0 Å². The van der Waals surface area contributed by atoms with Gasteiger partial charge in [0.2, 0.25) is 0 Å². The molecule has 34 heavy (non-hydrogen) atoms. The van der Waals surface area contributed by atoms with Crippen LogP contribution in [0.1, 0.15) is 30.5 Å². The zero-order chi connectivity index (χ0) is 24.6. The number of benzene rings is 2. The Morgan fingerprint density at radius 2 is 1.59 bits per heavy atom. The van der Waals surface area contributed by atoms with Crippen LogP contribution in [0.3, 0.4) is 0 Å². The number of cyclic esters (lactones) is 1. The molecule has 5 heteroatoms. The van der Waals surface area contributed by atoms with Crippen LogP contribution in [0.25, 0.3) is 0 Å². The SMILES string of the molecule is CCN(CC)c1ccc(C2(c3ccc(N(C)C)cc3)C=CC(N(C)C)=C3C(=O)OCC32)c(C)c1. The summed E-state index contributed by atoms with van der Waals surface area (Å²) >= 11 is 0. The minimum Gasteiger partial charge on any atom is -0.462 e. The smallest absolute Gasteiger partial charge is 0.336 e. The first-order valence-electron chi connectivity index (χ1n) is 12.2. The molecule has 1 aliphatic carbocycles. The summed E-state index contributed by atoms with van der Waals surface area (Å²) in [5, 5.41) is 0. The Kier molecular flexibility index (Phi) is 6.48. The number of esters is 1. The molecule has 0 aromatic heterocycles. The van der Waals surface area contributed by atoms with E-state index in [4.69, 9.17) is 4.74 Å². The second kappa shape index (κ2) is 9.21. The molecule has 0 saturated carbocycles. The minimum atomic E-state index is -0.488. The molecule has 4 rings (SSSR count). The number of allylic oxidation sites excluding steroid dienone is 2. The highest BCUT2D eigenvalue weighted by Crippen LogP contribution is 2.51. The molecular formula is C29H37N3O2. The van der Waals surface area contributed by atoms with Crippen molar-refractivity contribution in [2.24, 2.45) is 5.92 Å². The summed E-state index contributed by atoms with van der Waals surface area (Å²) in [6.45, 7) is 8.88. The van der Waals surface area contributed by atoms with Crippen molar-refractivity contribution in [3.05, 3.63) is 82.6 Å². The van der Waals surface area contributed by atoms with E-state index in [-0.39, 0.29) is 11.9 Å². The van der Waals surface area contributed by atoms with Crippen LogP contribution in [-0.4, -0.2) is 58.8 Å². The van der Waals surface area contributed by atoms with Gasteiger partial charge < -0.3 is 19.4 Å². The van der Waals surface area contributed by atoms with Crippen molar-refractivity contribution in [2.75, 3.05) is 57.7 Å². The largest absolute Gasteiger partial charge is 0.462 e. The van der Waals surface area contributed by atoms with Crippen LogP contribution in [0.4, 0.5) is 11.4 Å². The summed E-state index contributed by atoms with van der Waals surface area (Å²) in [7, 11) is 8.07. The molecule has 0 N–H and O–H groups in total. The van der Waals surface area contributed by atoms with Gasteiger partial charge >= 0.3 is 5.97 Å². The van der Waals surface area contributed by atoms with Crippen molar-refractivity contribution in [3.63, 3.8) is 0 Å². The number of likely N-dealkylation sites (N-methyl/N-ethyl adjacent to an activating group) is 1. The first-order chi connectivity index (χ1) is 16.2. The first kappa shape index (κ1) is 23.9. The number of nitrogens with zero attached hydrogens (tertiary/aromatic N) is 3. The Balaban J connectivity index is 1.95. The van der Waals surface area contributed by atoms with Crippen molar-refractivity contribution in [1.82, 2.24) is 4.90 Å². The van der Waals surface area contributed by atoms with Gasteiger partial charge in [-0.2, -0.15) is 0 Å². The van der Waals surface area contributed by atoms with Gasteiger partial charge in [0.15, 0.2) is 0 Å². The molecule has 0 bridgehead atoms. The highest BCUT2D eigenvalue weighted by Gasteiger charge is 2.51. The van der Waals surface area contributed by atoms with Gasteiger partial charge in [0, 0.05) is 69.7 Å². The van der Waals surface area contributed by atoms with Crippen LogP contribution in [0, 0.1) is 12.8 Å². The Hall–Kier alpha value is -3.21. The molecule has 1 heterocycles. The van der Waals surface area contributed by atoms with E-state index in [1.54, 1.807) is 0 Å². The van der Waals surface area contributed by atoms with E-state index in [9.17, 15) is 4.79 Å². The molecule has 2 aliphatic rings. The molecule has 0 amide bonds. The number of fused-ring (bicyclic) bond motifs is 1. The van der Waals surface area contributed by atoms with E-state index in [1.165, 1.54) is 22.4 Å². The van der Waals surface area contributed by atoms with Gasteiger partial charge in [0.05, 0.1) is 5.57 Å². The lowest BCUT2D eigenvalue weighted by Gasteiger charge is -2.42. The molecule has 1 aliphatic heterocycles. The number of carbonyl (C=O) groups excluding carboxylic acids is 1. The lowest BCUT2D eigenvalue weighted by molar-refractivity contribution is -0.135. The summed E-state index contributed by atoms with van der Waals surface area (Å²) in [6.07, 6.45) is 4.40. The first-order valence-corrected chi connectivity index (χ1v) is 12.2. The second-order valence-electron chi connectivity index (χ2n) is 9.66. The van der Waals surface area contributed by atoms with E-state index < -0.39 is 5.41 Å². The fourth-order valence-corrected chi connectivity index (χ4v) is 5.57. The maximum absolute atomic E-state index is 13.0. The fraction of sp³-hybridized carbons (Fsp3) is 0.414. The quantitative estimate of drug-likeness (QED) is 0.559. The van der Waals surface area contributed by atoms with E-state index in [0.29, 0.717) is 6.61 Å². The zero-order valence-electron chi connectivity index (χ0n) is 21.6. The summed E-state index contributed by atoms with van der Waals surface area (Å²) in [5.74, 6) is -0.296. The summed E-state index contributed by atoms with van der Waals surface area (Å²) in [5.41, 5.74) is 7.21. The van der Waals surface area contributed by atoms with E-state index >= 15 is 0 Å². The highest BCUT2D eigenvalue weighted by atomic mass is 16.5. The molecule has 0 radical (unpaired) electrons. The van der Waals surface area contributed by atoms with Crippen molar-refractivity contribution in [1.29, 1.82) is 0 Å². The van der Waals surface area contributed by atoms with E-state index in [0.717, 1.165) is 30.0 Å². The van der Waals surface area contributed by atoms with Gasteiger partial charge in [-0.25, -0.2) is 4.79 Å². The van der Waals surface area contributed by atoms with Crippen LogP contribution in [-0.2, 0) is 14.9 Å². The van der Waals surface area contributed by atoms with Gasteiger partial charge in [-0.05, 0) is 67.8 Å². The third kappa shape index (κ3) is 3.77. The number of carbonyl (C=O) groups is 1. The number of rotatable bonds is 7. The average molecular weight is 460 g/mol. The molecule has 2 unspecified atom stereocenters. The molecule has 2 atom stereocenters. The predicted octanol–water partition coefficient (Wildman–Crippen LogP) is 4.75. The number of ether oxygens (including phenoxy) is 1. The van der Waals surface area contributed by atoms with Gasteiger partial charge in [-0.1, -0.05) is 24.3 Å². The standard InChI is InChI=1S/C29H37N3O2/c1-8-32(9-2)23-14-15-24(20(3)18-23)29(21-10-12-22(13-11-21)30(4)5)17-16-26(31(6)7)27-25(29)19-34-28(27)33/h10-18,25H,8-9,19H2,1-7H3. The summed E-state index contributed by atoms with van der Waals surface area (Å²) in [6, 6.07) is 15.5. The van der Waals surface area contributed by atoms with Crippen LogP contribution in [0.5, 0.6) is 0 Å². The Morgan fingerprint density at radius 1 is 0.941 bits per heavy atom. The van der Waals surface area contributed by atoms with Crippen LogP contribution >= 0.6 is 0 Å². The Morgan fingerprint density at radius 3 is 2.15 bits per heavy atom. The van der Waals surface area contributed by atoms with Crippen molar-refractivity contribution in [3.8, 4) is 0 Å². The third-order valence-corrected chi connectivity index (χ3v) is 7.41. The van der Waals surface area contributed by atoms with E-state index in [1.807, 2.05) is 19.0 Å². The number of hydrogen-bond acceptors (Lipinski definition) is 5. The molecule has 2 aromatic carbocycles. The van der Waals surface area contributed by atoms with Crippen LogP contribution in [0.15, 0.2) is 65.9 Å². The minimum absolute atomic E-state index is 0.0920. The normalized spacial score (nSPS) is 21.4. The Labute approximate surface area is 204 Å². The molecule has 2 aromatic rings. The van der Waals surface area contributed by atoms with E-state index in [2.05, 4.69) is 99.3 Å². The van der Waals surface area contributed by atoms with Crippen LogP contribution in [0.2, 0.25) is 0 Å². The molecule has 5 nitrogen and oxygen atoms in total. The van der Waals surface area contributed by atoms with Crippen molar-refractivity contribution < 1.29 is 9.53 Å². The lowest BCUT2D eigenvalue weighted by atomic mass is 9.61. The predicted molar refractivity (Wildman–Crippen MR) is 141 cm³/mol. The number of aryl methyl sites for hydroxylation is 1. The molecule has 180 valence electrons. The molecular weight excluding hydrogens is 422 g/mol. The Bertz CT molecular complexity index is 1130. The van der Waals surface area contributed by atoms with Gasteiger partial charge in [0.25, 0.3) is 0 Å². The van der Waals surface area contributed by atoms with Crippen molar-refractivity contribution in [2.45, 2.75) is 26.2 Å². The molecule has 1 fully saturated rings. The third-order valence-electron chi connectivity index (χ3n) is 7.41. The topological polar surface area (TPSA) is 36.0 Å². The maximum Gasteiger partial charge on any atom is 0.336 e. The monoisotopic (exact) mass is 459 g/mol. The number of anilines is 2. The second-order valence-corrected chi connectivity index (χ2v) is 9.66. The van der Waals surface area contributed by atoms with Crippen LogP contribution < -0.4 is 9.80 Å². The van der Waals surface area contributed by atoms with Gasteiger partial charge in [-0.3, -0.25) is 0 Å². The molecule has 1 saturated heterocycles.